The lowest BCUT2D eigenvalue weighted by molar-refractivity contribution is 0.131. The standard InChI is InChI=1S/C10H20N2/c1-2-10(5-6-11-9-10)12-7-3-4-8-12/h11H,2-9H2,1H3. The van der Waals surface area contributed by atoms with Crippen LogP contribution in [0, 0.1) is 0 Å². The molecule has 0 aliphatic carbocycles. The molecule has 2 saturated heterocycles. The van der Waals surface area contributed by atoms with Crippen molar-refractivity contribution in [1.82, 2.24) is 10.2 Å². The van der Waals surface area contributed by atoms with E-state index < -0.39 is 0 Å². The van der Waals surface area contributed by atoms with Crippen LogP contribution in [0.5, 0.6) is 0 Å². The predicted molar refractivity (Wildman–Crippen MR) is 51.3 cm³/mol. The summed E-state index contributed by atoms with van der Waals surface area (Å²) < 4.78 is 0. The summed E-state index contributed by atoms with van der Waals surface area (Å²) in [5.41, 5.74) is 0.538. The van der Waals surface area contributed by atoms with E-state index in [4.69, 9.17) is 0 Å². The Kier molecular flexibility index (Phi) is 2.37. The first-order valence-electron chi connectivity index (χ1n) is 5.33. The molecule has 0 amide bonds. The molecule has 1 N–H and O–H groups in total. The van der Waals surface area contributed by atoms with Gasteiger partial charge in [-0.3, -0.25) is 4.90 Å². The van der Waals surface area contributed by atoms with Crippen LogP contribution in [0.25, 0.3) is 0 Å². The molecule has 2 nitrogen and oxygen atoms in total. The molecule has 2 rings (SSSR count). The van der Waals surface area contributed by atoms with E-state index in [1.165, 1.54) is 51.9 Å². The molecule has 12 heavy (non-hydrogen) atoms. The maximum Gasteiger partial charge on any atom is 0.0343 e. The van der Waals surface area contributed by atoms with Crippen molar-refractivity contribution >= 4 is 0 Å². The minimum absolute atomic E-state index is 0.538. The summed E-state index contributed by atoms with van der Waals surface area (Å²) in [7, 11) is 0. The van der Waals surface area contributed by atoms with Crippen LogP contribution in [0.15, 0.2) is 0 Å². The average molecular weight is 168 g/mol. The number of hydrogen-bond donors (Lipinski definition) is 1. The van der Waals surface area contributed by atoms with Gasteiger partial charge < -0.3 is 5.32 Å². The number of rotatable bonds is 2. The van der Waals surface area contributed by atoms with Crippen molar-refractivity contribution in [1.29, 1.82) is 0 Å². The van der Waals surface area contributed by atoms with Gasteiger partial charge in [-0.05, 0) is 45.3 Å². The van der Waals surface area contributed by atoms with Crippen molar-refractivity contribution < 1.29 is 0 Å². The second-order valence-corrected chi connectivity index (χ2v) is 4.20. The third-order valence-electron chi connectivity index (χ3n) is 3.66. The number of likely N-dealkylation sites (tertiary alicyclic amines) is 1. The Hall–Kier alpha value is -0.0800. The van der Waals surface area contributed by atoms with Crippen LogP contribution < -0.4 is 5.32 Å². The first-order chi connectivity index (χ1) is 5.87. The lowest BCUT2D eigenvalue weighted by Gasteiger charge is -2.37. The van der Waals surface area contributed by atoms with E-state index in [0.717, 1.165) is 0 Å². The maximum atomic E-state index is 3.50. The van der Waals surface area contributed by atoms with Crippen LogP contribution in [0.1, 0.15) is 32.6 Å². The fourth-order valence-corrected chi connectivity index (χ4v) is 2.72. The summed E-state index contributed by atoms with van der Waals surface area (Å²) in [5.74, 6) is 0. The van der Waals surface area contributed by atoms with Gasteiger partial charge in [0.25, 0.3) is 0 Å². The summed E-state index contributed by atoms with van der Waals surface area (Å²) in [5, 5.41) is 3.50. The van der Waals surface area contributed by atoms with Crippen molar-refractivity contribution in [2.24, 2.45) is 0 Å². The maximum absolute atomic E-state index is 3.50. The van der Waals surface area contributed by atoms with Gasteiger partial charge in [-0.25, -0.2) is 0 Å². The summed E-state index contributed by atoms with van der Waals surface area (Å²) in [6, 6.07) is 0. The molecular weight excluding hydrogens is 148 g/mol. The SMILES string of the molecule is CCC1(N2CCCC2)CCNC1. The molecular formula is C10H20N2. The second kappa shape index (κ2) is 3.35. The molecule has 0 spiro atoms. The summed E-state index contributed by atoms with van der Waals surface area (Å²) >= 11 is 0. The van der Waals surface area contributed by atoms with Gasteiger partial charge in [-0.2, -0.15) is 0 Å². The number of hydrogen-bond acceptors (Lipinski definition) is 2. The molecule has 2 fully saturated rings. The molecule has 1 unspecified atom stereocenters. The zero-order chi connectivity index (χ0) is 8.44. The predicted octanol–water partition coefficient (Wildman–Crippen LogP) is 1.22. The van der Waals surface area contributed by atoms with Crippen LogP contribution in [0.2, 0.25) is 0 Å². The van der Waals surface area contributed by atoms with Crippen LogP contribution in [0.3, 0.4) is 0 Å². The Bertz CT molecular complexity index is 144. The molecule has 0 aromatic heterocycles. The molecule has 0 aromatic carbocycles. The Labute approximate surface area is 75.3 Å². The normalized spacial score (nSPS) is 37.8. The lowest BCUT2D eigenvalue weighted by Crippen LogP contribution is -2.48. The van der Waals surface area contributed by atoms with Crippen molar-refractivity contribution in [3.05, 3.63) is 0 Å². The minimum atomic E-state index is 0.538. The highest BCUT2D eigenvalue weighted by Gasteiger charge is 2.38. The van der Waals surface area contributed by atoms with E-state index in [1.54, 1.807) is 0 Å². The van der Waals surface area contributed by atoms with Gasteiger partial charge in [0.2, 0.25) is 0 Å². The highest BCUT2D eigenvalue weighted by molar-refractivity contribution is 4.97. The fraction of sp³-hybridized carbons (Fsp3) is 1.00. The molecule has 0 bridgehead atoms. The molecule has 2 heterocycles. The lowest BCUT2D eigenvalue weighted by atomic mass is 9.93. The van der Waals surface area contributed by atoms with E-state index in [1.807, 2.05) is 0 Å². The smallest absolute Gasteiger partial charge is 0.0343 e. The molecule has 2 heteroatoms. The Balaban J connectivity index is 2.04. The Morgan fingerprint density at radius 1 is 1.33 bits per heavy atom. The summed E-state index contributed by atoms with van der Waals surface area (Å²) in [6.45, 7) is 7.48. The average Bonchev–Trinajstić information content (AvgIpc) is 2.76. The van der Waals surface area contributed by atoms with Crippen molar-refractivity contribution in [3.8, 4) is 0 Å². The van der Waals surface area contributed by atoms with E-state index in [9.17, 15) is 0 Å². The largest absolute Gasteiger partial charge is 0.315 e. The molecule has 2 aliphatic heterocycles. The third kappa shape index (κ3) is 1.27. The first kappa shape index (κ1) is 8.52. The van der Waals surface area contributed by atoms with Crippen LogP contribution in [-0.4, -0.2) is 36.6 Å². The topological polar surface area (TPSA) is 15.3 Å². The fourth-order valence-electron chi connectivity index (χ4n) is 2.72. The van der Waals surface area contributed by atoms with Crippen molar-refractivity contribution in [2.45, 2.75) is 38.1 Å². The van der Waals surface area contributed by atoms with Gasteiger partial charge in [-0.1, -0.05) is 6.92 Å². The van der Waals surface area contributed by atoms with E-state index in [0.29, 0.717) is 5.54 Å². The third-order valence-corrected chi connectivity index (χ3v) is 3.66. The van der Waals surface area contributed by atoms with Crippen molar-refractivity contribution in [3.63, 3.8) is 0 Å². The minimum Gasteiger partial charge on any atom is -0.315 e. The van der Waals surface area contributed by atoms with Gasteiger partial charge >= 0.3 is 0 Å². The second-order valence-electron chi connectivity index (χ2n) is 4.20. The Morgan fingerprint density at radius 2 is 2.08 bits per heavy atom. The van der Waals surface area contributed by atoms with E-state index in [2.05, 4.69) is 17.1 Å². The summed E-state index contributed by atoms with van der Waals surface area (Å²) in [4.78, 5) is 2.72. The molecule has 70 valence electrons. The summed E-state index contributed by atoms with van der Waals surface area (Å²) in [6.07, 6.45) is 5.52. The molecule has 1 atom stereocenters. The van der Waals surface area contributed by atoms with E-state index >= 15 is 0 Å². The van der Waals surface area contributed by atoms with Crippen LogP contribution in [0.4, 0.5) is 0 Å². The highest BCUT2D eigenvalue weighted by Crippen LogP contribution is 2.29. The Morgan fingerprint density at radius 3 is 2.58 bits per heavy atom. The van der Waals surface area contributed by atoms with Gasteiger partial charge in [0.15, 0.2) is 0 Å². The zero-order valence-electron chi connectivity index (χ0n) is 8.10. The molecule has 0 aromatic rings. The van der Waals surface area contributed by atoms with Gasteiger partial charge in [0, 0.05) is 12.1 Å². The van der Waals surface area contributed by atoms with Gasteiger partial charge in [-0.15, -0.1) is 0 Å². The molecule has 0 radical (unpaired) electrons. The van der Waals surface area contributed by atoms with Gasteiger partial charge in [0.1, 0.15) is 0 Å². The number of nitrogens with zero attached hydrogens (tertiary/aromatic N) is 1. The van der Waals surface area contributed by atoms with Crippen LogP contribution >= 0.6 is 0 Å². The quantitative estimate of drug-likeness (QED) is 0.667. The van der Waals surface area contributed by atoms with E-state index in [-0.39, 0.29) is 0 Å². The molecule has 0 saturated carbocycles. The zero-order valence-corrected chi connectivity index (χ0v) is 8.10. The van der Waals surface area contributed by atoms with Crippen molar-refractivity contribution in [2.75, 3.05) is 26.2 Å². The monoisotopic (exact) mass is 168 g/mol. The van der Waals surface area contributed by atoms with Gasteiger partial charge in [0.05, 0.1) is 0 Å². The number of nitrogens with one attached hydrogen (secondary N) is 1. The molecule has 2 aliphatic rings. The first-order valence-corrected chi connectivity index (χ1v) is 5.33. The van der Waals surface area contributed by atoms with Crippen LogP contribution in [-0.2, 0) is 0 Å². The highest BCUT2D eigenvalue weighted by atomic mass is 15.2.